The third-order valence-corrected chi connectivity index (χ3v) is 5.32. The topological polar surface area (TPSA) is 39.6 Å². The smallest absolute Gasteiger partial charge is 0.123 e. The molecule has 0 aliphatic rings. The average Bonchev–Trinajstić information content (AvgIpc) is 2.60. The highest BCUT2D eigenvalue weighted by molar-refractivity contribution is 5.48. The fourth-order valence-corrected chi connectivity index (χ4v) is 3.38. The highest BCUT2D eigenvalue weighted by Gasteiger charge is 2.25. The molecule has 0 saturated heterocycles. The van der Waals surface area contributed by atoms with Crippen molar-refractivity contribution >= 4 is 0 Å². The molecular weight excluding hydrogens is 358 g/mol. The van der Waals surface area contributed by atoms with Crippen LogP contribution in [0.2, 0.25) is 0 Å². The number of aromatic hydroxyl groups is 1. The van der Waals surface area contributed by atoms with Crippen molar-refractivity contribution in [1.29, 1.82) is 0 Å². The van der Waals surface area contributed by atoms with Crippen molar-refractivity contribution in [3.8, 4) is 5.75 Å². The molecule has 0 bridgehead atoms. The van der Waals surface area contributed by atoms with Gasteiger partial charge in [0.25, 0.3) is 0 Å². The Labute approximate surface area is 177 Å². The van der Waals surface area contributed by atoms with E-state index in [1.54, 1.807) is 0 Å². The number of rotatable bonds is 7. The summed E-state index contributed by atoms with van der Waals surface area (Å²) in [6, 6.07) is 10.4. The zero-order chi connectivity index (χ0) is 21.8. The summed E-state index contributed by atoms with van der Waals surface area (Å²) in [5, 5.41) is 11.0. The number of likely N-dealkylation sites (N-methyl/N-ethyl adjacent to an activating group) is 2. The second-order valence-electron chi connectivity index (χ2n) is 10.3. The largest absolute Gasteiger partial charge is 0.507 e. The highest BCUT2D eigenvalue weighted by atomic mass is 16.3. The van der Waals surface area contributed by atoms with Crippen LogP contribution in [0.4, 0.5) is 0 Å². The minimum atomic E-state index is -0.0957. The summed E-state index contributed by atoms with van der Waals surface area (Å²) >= 11 is 0. The first kappa shape index (κ1) is 23.4. The van der Waals surface area contributed by atoms with Gasteiger partial charge in [-0.2, -0.15) is 0 Å². The second kappa shape index (κ2) is 9.27. The highest BCUT2D eigenvalue weighted by Crippen LogP contribution is 2.38. The molecule has 4 heteroatoms. The summed E-state index contributed by atoms with van der Waals surface area (Å²) in [5.74, 6) is 0.444. The van der Waals surface area contributed by atoms with Crippen molar-refractivity contribution in [2.75, 3.05) is 27.2 Å². The van der Waals surface area contributed by atoms with Crippen molar-refractivity contribution in [2.45, 2.75) is 65.5 Å². The molecule has 1 N–H and O–H groups in total. The lowest BCUT2D eigenvalue weighted by atomic mass is 9.79. The minimum Gasteiger partial charge on any atom is -0.507 e. The number of pyridine rings is 1. The van der Waals surface area contributed by atoms with Gasteiger partial charge in [0.1, 0.15) is 5.75 Å². The van der Waals surface area contributed by atoms with Gasteiger partial charge in [-0.1, -0.05) is 59.7 Å². The zero-order valence-corrected chi connectivity index (χ0v) is 19.6. The number of phenols is 1. The van der Waals surface area contributed by atoms with E-state index in [0.29, 0.717) is 5.75 Å². The van der Waals surface area contributed by atoms with Crippen molar-refractivity contribution in [2.24, 2.45) is 0 Å². The van der Waals surface area contributed by atoms with Crippen LogP contribution >= 0.6 is 0 Å². The molecule has 0 atom stereocenters. The second-order valence-corrected chi connectivity index (χ2v) is 10.3. The maximum absolute atomic E-state index is 11.0. The van der Waals surface area contributed by atoms with E-state index in [2.05, 4.69) is 88.6 Å². The summed E-state index contributed by atoms with van der Waals surface area (Å²) in [6.07, 6.45) is 1.84. The SMILES string of the molecule is CN(CCN(C)Cc1cc(C(C)(C)C)cc(C(C)(C)C)c1O)Cc1ccccn1. The number of benzene rings is 1. The van der Waals surface area contributed by atoms with Crippen LogP contribution in [-0.2, 0) is 23.9 Å². The molecule has 1 aromatic heterocycles. The molecule has 4 nitrogen and oxygen atoms in total. The Balaban J connectivity index is 2.09. The van der Waals surface area contributed by atoms with Gasteiger partial charge in [-0.25, -0.2) is 0 Å². The van der Waals surface area contributed by atoms with Crippen LogP contribution in [0.25, 0.3) is 0 Å². The summed E-state index contributed by atoms with van der Waals surface area (Å²) in [7, 11) is 4.24. The van der Waals surface area contributed by atoms with E-state index in [1.165, 1.54) is 5.56 Å². The maximum atomic E-state index is 11.0. The summed E-state index contributed by atoms with van der Waals surface area (Å²) < 4.78 is 0. The average molecular weight is 398 g/mol. The van der Waals surface area contributed by atoms with Crippen molar-refractivity contribution in [3.05, 3.63) is 58.9 Å². The van der Waals surface area contributed by atoms with Gasteiger partial charge in [-0.15, -0.1) is 0 Å². The van der Waals surface area contributed by atoms with E-state index in [4.69, 9.17) is 0 Å². The lowest BCUT2D eigenvalue weighted by Gasteiger charge is -2.29. The Kier molecular flexibility index (Phi) is 7.47. The minimum absolute atomic E-state index is 0.0456. The molecule has 0 aliphatic heterocycles. The van der Waals surface area contributed by atoms with Crippen LogP contribution in [0.5, 0.6) is 5.75 Å². The van der Waals surface area contributed by atoms with E-state index in [0.717, 1.165) is 43.0 Å². The summed E-state index contributed by atoms with van der Waals surface area (Å²) in [4.78, 5) is 8.97. The first-order chi connectivity index (χ1) is 13.4. The zero-order valence-electron chi connectivity index (χ0n) is 19.6. The molecule has 0 saturated carbocycles. The molecular formula is C25H39N3O. The van der Waals surface area contributed by atoms with Gasteiger partial charge < -0.3 is 10.0 Å². The predicted octanol–water partition coefficient (Wildman–Crippen LogP) is 4.95. The van der Waals surface area contributed by atoms with E-state index in [-0.39, 0.29) is 10.8 Å². The van der Waals surface area contributed by atoms with E-state index < -0.39 is 0 Å². The van der Waals surface area contributed by atoms with Gasteiger partial charge in [0.2, 0.25) is 0 Å². The van der Waals surface area contributed by atoms with Crippen LogP contribution in [0, 0.1) is 0 Å². The van der Waals surface area contributed by atoms with E-state index >= 15 is 0 Å². The Hall–Kier alpha value is -1.91. The van der Waals surface area contributed by atoms with Crippen LogP contribution < -0.4 is 0 Å². The Bertz CT molecular complexity index is 788. The third-order valence-electron chi connectivity index (χ3n) is 5.32. The molecule has 2 aromatic rings. The van der Waals surface area contributed by atoms with Gasteiger partial charge in [-0.05, 0) is 48.2 Å². The fourth-order valence-electron chi connectivity index (χ4n) is 3.38. The number of aromatic nitrogens is 1. The molecule has 0 aliphatic carbocycles. The number of phenolic OH excluding ortho intramolecular Hbond substituents is 1. The molecule has 0 amide bonds. The maximum Gasteiger partial charge on any atom is 0.123 e. The fraction of sp³-hybridized carbons (Fsp3) is 0.560. The lowest BCUT2D eigenvalue weighted by molar-refractivity contribution is 0.243. The Morgan fingerprint density at radius 3 is 2.00 bits per heavy atom. The van der Waals surface area contributed by atoms with Gasteiger partial charge in [0, 0.05) is 37.9 Å². The van der Waals surface area contributed by atoms with Gasteiger partial charge in [0.05, 0.1) is 5.69 Å². The summed E-state index contributed by atoms with van der Waals surface area (Å²) in [6.45, 7) is 16.6. The monoisotopic (exact) mass is 397 g/mol. The van der Waals surface area contributed by atoms with Crippen molar-refractivity contribution in [1.82, 2.24) is 14.8 Å². The molecule has 160 valence electrons. The lowest BCUT2D eigenvalue weighted by Crippen LogP contribution is -2.30. The first-order valence-corrected chi connectivity index (χ1v) is 10.5. The quantitative estimate of drug-likeness (QED) is 0.718. The van der Waals surface area contributed by atoms with Crippen molar-refractivity contribution < 1.29 is 5.11 Å². The van der Waals surface area contributed by atoms with E-state index in [9.17, 15) is 5.11 Å². The number of hydrogen-bond donors (Lipinski definition) is 1. The third kappa shape index (κ3) is 6.83. The molecule has 0 unspecified atom stereocenters. The Morgan fingerprint density at radius 1 is 0.862 bits per heavy atom. The number of nitrogens with zero attached hydrogens (tertiary/aromatic N) is 3. The van der Waals surface area contributed by atoms with Gasteiger partial charge in [0.15, 0.2) is 0 Å². The standard InChI is InChI=1S/C25H39N3O/c1-24(2,3)20-15-19(23(29)22(16-20)25(4,5)6)17-27(7)13-14-28(8)18-21-11-9-10-12-26-21/h9-12,15-16,29H,13-14,17-18H2,1-8H3. The van der Waals surface area contributed by atoms with Crippen LogP contribution in [-0.4, -0.2) is 47.1 Å². The Morgan fingerprint density at radius 2 is 1.48 bits per heavy atom. The molecule has 0 radical (unpaired) electrons. The molecule has 29 heavy (non-hydrogen) atoms. The van der Waals surface area contributed by atoms with Crippen molar-refractivity contribution in [3.63, 3.8) is 0 Å². The van der Waals surface area contributed by atoms with Crippen LogP contribution in [0.15, 0.2) is 36.5 Å². The first-order valence-electron chi connectivity index (χ1n) is 10.5. The molecule has 0 fully saturated rings. The van der Waals surface area contributed by atoms with Gasteiger partial charge in [-0.3, -0.25) is 9.88 Å². The van der Waals surface area contributed by atoms with Crippen LogP contribution in [0.3, 0.4) is 0 Å². The molecule has 0 spiro atoms. The number of hydrogen-bond acceptors (Lipinski definition) is 4. The van der Waals surface area contributed by atoms with Gasteiger partial charge >= 0.3 is 0 Å². The molecule has 2 rings (SSSR count). The van der Waals surface area contributed by atoms with E-state index in [1.807, 2.05) is 18.3 Å². The summed E-state index contributed by atoms with van der Waals surface area (Å²) in [5.41, 5.74) is 4.35. The molecule has 1 heterocycles. The molecule has 1 aromatic carbocycles. The van der Waals surface area contributed by atoms with Crippen LogP contribution in [0.1, 0.15) is 63.9 Å². The normalized spacial score (nSPS) is 12.8. The predicted molar refractivity (Wildman–Crippen MR) is 122 cm³/mol.